The second kappa shape index (κ2) is 7.96. The number of hydrogen-bond acceptors (Lipinski definition) is 6. The number of aromatic nitrogens is 2. The molecule has 0 fully saturated rings. The van der Waals surface area contributed by atoms with E-state index in [4.69, 9.17) is 4.74 Å². The van der Waals surface area contributed by atoms with Gasteiger partial charge in [0.25, 0.3) is 5.69 Å². The van der Waals surface area contributed by atoms with Crippen molar-refractivity contribution in [1.82, 2.24) is 9.78 Å². The molecule has 0 saturated heterocycles. The Morgan fingerprint density at radius 3 is 2.59 bits per heavy atom. The summed E-state index contributed by atoms with van der Waals surface area (Å²) in [5.41, 5.74) is 3.46. The first-order valence-corrected chi connectivity index (χ1v) is 10.1. The number of anilines is 1. The number of non-ortho nitro benzene ring substituents is 1. The van der Waals surface area contributed by atoms with Gasteiger partial charge in [0.2, 0.25) is 5.91 Å². The smallest absolute Gasteiger partial charge is 0.269 e. The van der Waals surface area contributed by atoms with Crippen molar-refractivity contribution >= 4 is 29.2 Å². The van der Waals surface area contributed by atoms with Crippen molar-refractivity contribution < 1.29 is 14.5 Å². The van der Waals surface area contributed by atoms with E-state index in [1.54, 1.807) is 35.7 Å². The van der Waals surface area contributed by atoms with Crippen LogP contribution in [0.15, 0.2) is 48.5 Å². The van der Waals surface area contributed by atoms with Crippen LogP contribution in [0.4, 0.5) is 11.5 Å². The lowest BCUT2D eigenvalue weighted by Crippen LogP contribution is -2.18. The number of thioether (sulfide) groups is 1. The summed E-state index contributed by atoms with van der Waals surface area (Å²) in [4.78, 5) is 23.1. The van der Waals surface area contributed by atoms with Crippen LogP contribution >= 0.6 is 11.8 Å². The summed E-state index contributed by atoms with van der Waals surface area (Å²) in [6.45, 7) is 0. The first-order chi connectivity index (χ1) is 14.0. The van der Waals surface area contributed by atoms with E-state index in [0.717, 1.165) is 34.1 Å². The Balaban J connectivity index is 1.59. The highest BCUT2D eigenvalue weighted by molar-refractivity contribution is 7.98. The van der Waals surface area contributed by atoms with E-state index < -0.39 is 4.92 Å². The van der Waals surface area contributed by atoms with Crippen LogP contribution in [-0.4, -0.2) is 27.7 Å². The summed E-state index contributed by atoms with van der Waals surface area (Å²) >= 11 is 1.74. The Morgan fingerprint density at radius 1 is 1.21 bits per heavy atom. The van der Waals surface area contributed by atoms with E-state index in [9.17, 15) is 14.9 Å². The maximum atomic E-state index is 12.7. The molecule has 4 rings (SSSR count). The molecule has 29 heavy (non-hydrogen) atoms. The first-order valence-electron chi connectivity index (χ1n) is 8.91. The van der Waals surface area contributed by atoms with E-state index in [1.807, 2.05) is 24.3 Å². The Kier molecular flexibility index (Phi) is 5.22. The van der Waals surface area contributed by atoms with Crippen LogP contribution in [0.1, 0.15) is 16.8 Å². The number of methoxy groups -OCH3 is 1. The highest BCUT2D eigenvalue weighted by Gasteiger charge is 2.25. The van der Waals surface area contributed by atoms with Gasteiger partial charge in [-0.25, -0.2) is 4.68 Å². The Morgan fingerprint density at radius 2 is 1.93 bits per heavy atom. The van der Waals surface area contributed by atoms with Crippen LogP contribution in [0.3, 0.4) is 0 Å². The van der Waals surface area contributed by atoms with Gasteiger partial charge in [-0.1, -0.05) is 12.1 Å². The number of rotatable bonds is 6. The molecule has 0 unspecified atom stereocenters. The van der Waals surface area contributed by atoms with Gasteiger partial charge < -0.3 is 10.1 Å². The fourth-order valence-corrected chi connectivity index (χ4v) is 4.18. The molecule has 3 aromatic rings. The molecule has 0 spiro atoms. The second-order valence-electron chi connectivity index (χ2n) is 6.52. The number of nitro groups is 1. The number of carbonyl (C=O) groups is 1. The van der Waals surface area contributed by atoms with Crippen molar-refractivity contribution in [2.75, 3.05) is 12.4 Å². The average molecular weight is 410 g/mol. The number of nitrogens with one attached hydrogen (secondary N) is 1. The molecule has 1 aromatic heterocycles. The number of nitrogens with zero attached hydrogens (tertiary/aromatic N) is 3. The maximum Gasteiger partial charge on any atom is 0.269 e. The van der Waals surface area contributed by atoms with Gasteiger partial charge in [-0.05, 0) is 29.8 Å². The number of benzene rings is 2. The van der Waals surface area contributed by atoms with Gasteiger partial charge in [-0.3, -0.25) is 14.9 Å². The van der Waals surface area contributed by atoms with E-state index in [2.05, 4.69) is 10.4 Å². The minimum atomic E-state index is -0.443. The lowest BCUT2D eigenvalue weighted by Gasteiger charge is -2.11. The Labute approximate surface area is 171 Å². The van der Waals surface area contributed by atoms with Gasteiger partial charge >= 0.3 is 0 Å². The molecule has 1 aliphatic rings. The average Bonchev–Trinajstić information content (AvgIpc) is 3.31. The normalized spacial score (nSPS) is 12.4. The van der Waals surface area contributed by atoms with Gasteiger partial charge in [0, 0.05) is 29.2 Å². The summed E-state index contributed by atoms with van der Waals surface area (Å²) in [6.07, 6.45) is 0.220. The largest absolute Gasteiger partial charge is 0.497 e. The van der Waals surface area contributed by atoms with Gasteiger partial charge in [-0.15, -0.1) is 0 Å². The molecule has 1 amide bonds. The quantitative estimate of drug-likeness (QED) is 0.491. The summed E-state index contributed by atoms with van der Waals surface area (Å²) in [6, 6.07) is 13.5. The van der Waals surface area contributed by atoms with Crippen molar-refractivity contribution in [1.29, 1.82) is 0 Å². The zero-order valence-electron chi connectivity index (χ0n) is 15.6. The number of fused-ring (bicyclic) bond motifs is 1. The highest BCUT2D eigenvalue weighted by atomic mass is 32.2. The molecular formula is C20H18N4O4S. The van der Waals surface area contributed by atoms with Crippen molar-refractivity contribution in [2.45, 2.75) is 17.9 Å². The molecule has 2 heterocycles. The molecule has 0 atom stereocenters. The van der Waals surface area contributed by atoms with Crippen LogP contribution in [-0.2, 0) is 22.7 Å². The lowest BCUT2D eigenvalue weighted by atomic mass is 10.1. The number of ether oxygens (including phenoxy) is 1. The first kappa shape index (κ1) is 19.0. The molecular weight excluding hydrogens is 392 g/mol. The van der Waals surface area contributed by atoms with Crippen LogP contribution in [0.5, 0.6) is 5.75 Å². The predicted molar refractivity (Wildman–Crippen MR) is 111 cm³/mol. The molecule has 1 aliphatic heterocycles. The van der Waals surface area contributed by atoms with Gasteiger partial charge in [0.1, 0.15) is 11.6 Å². The third-order valence-corrected chi connectivity index (χ3v) is 5.61. The SMILES string of the molecule is COc1ccc(CC(=O)Nc2c3c(nn2-c2ccc([N+](=O)[O-])cc2)CSC3)cc1. The topological polar surface area (TPSA) is 99.3 Å². The Bertz CT molecular complexity index is 1060. The summed E-state index contributed by atoms with van der Waals surface area (Å²) in [5.74, 6) is 2.74. The van der Waals surface area contributed by atoms with Crippen LogP contribution in [0.2, 0.25) is 0 Å². The number of hydrogen-bond donors (Lipinski definition) is 1. The molecule has 0 bridgehead atoms. The van der Waals surface area contributed by atoms with Crippen LogP contribution < -0.4 is 10.1 Å². The third-order valence-electron chi connectivity index (χ3n) is 4.64. The zero-order valence-corrected chi connectivity index (χ0v) is 16.4. The van der Waals surface area contributed by atoms with Crippen molar-refractivity contribution in [3.8, 4) is 11.4 Å². The fourth-order valence-electron chi connectivity index (χ4n) is 3.15. The molecule has 9 heteroatoms. The summed E-state index contributed by atoms with van der Waals surface area (Å²) in [5, 5.41) is 18.5. The van der Waals surface area contributed by atoms with Gasteiger partial charge in [0.15, 0.2) is 0 Å². The Hall–Kier alpha value is -3.33. The minimum Gasteiger partial charge on any atom is -0.497 e. The van der Waals surface area contributed by atoms with Crippen molar-refractivity contribution in [2.24, 2.45) is 0 Å². The molecule has 0 saturated carbocycles. The van der Waals surface area contributed by atoms with Crippen molar-refractivity contribution in [3.05, 3.63) is 75.5 Å². The number of nitro benzene ring substituents is 1. The zero-order chi connectivity index (χ0) is 20.4. The molecule has 0 radical (unpaired) electrons. The van der Waals surface area contributed by atoms with Crippen LogP contribution in [0.25, 0.3) is 5.69 Å². The van der Waals surface area contributed by atoms with E-state index in [0.29, 0.717) is 11.5 Å². The predicted octanol–water partition coefficient (Wildman–Crippen LogP) is 3.72. The monoisotopic (exact) mass is 410 g/mol. The highest BCUT2D eigenvalue weighted by Crippen LogP contribution is 2.36. The summed E-state index contributed by atoms with van der Waals surface area (Å²) < 4.78 is 6.79. The molecule has 2 aromatic carbocycles. The number of carbonyl (C=O) groups excluding carboxylic acids is 1. The van der Waals surface area contributed by atoms with Gasteiger partial charge in [0.05, 0.1) is 29.8 Å². The maximum absolute atomic E-state index is 12.7. The van der Waals surface area contributed by atoms with Crippen molar-refractivity contribution in [3.63, 3.8) is 0 Å². The van der Waals surface area contributed by atoms with E-state index in [1.165, 1.54) is 12.1 Å². The van der Waals surface area contributed by atoms with E-state index in [-0.39, 0.29) is 18.0 Å². The van der Waals surface area contributed by atoms with E-state index >= 15 is 0 Å². The fraction of sp³-hybridized carbons (Fsp3) is 0.200. The molecule has 8 nitrogen and oxygen atoms in total. The lowest BCUT2D eigenvalue weighted by molar-refractivity contribution is -0.384. The van der Waals surface area contributed by atoms with Crippen LogP contribution in [0, 0.1) is 10.1 Å². The minimum absolute atomic E-state index is 0.00842. The number of amides is 1. The molecule has 148 valence electrons. The standard InChI is InChI=1S/C20H18N4O4S/c1-28-16-8-2-13(3-9-16)10-19(25)21-20-17-11-29-12-18(17)22-23(20)14-4-6-15(7-5-14)24(26)27/h2-9H,10-12H2,1H3,(H,21,25). The third kappa shape index (κ3) is 3.95. The second-order valence-corrected chi connectivity index (χ2v) is 7.51. The summed E-state index contributed by atoms with van der Waals surface area (Å²) in [7, 11) is 1.60. The molecule has 1 N–H and O–H groups in total. The van der Waals surface area contributed by atoms with Gasteiger partial charge in [-0.2, -0.15) is 16.9 Å². The molecule has 0 aliphatic carbocycles.